The number of aromatic amines is 1. The first-order chi connectivity index (χ1) is 24.9. The lowest BCUT2D eigenvalue weighted by atomic mass is 9.74. The first-order valence-electron chi connectivity index (χ1n) is 17.7. The van der Waals surface area contributed by atoms with E-state index >= 15 is 0 Å². The Morgan fingerprint density at radius 3 is 2.48 bits per heavy atom. The highest BCUT2D eigenvalue weighted by atomic mass is 19.4. The Balaban J connectivity index is 1.31. The van der Waals surface area contributed by atoms with E-state index in [1.54, 1.807) is 56.4 Å². The zero-order valence-electron chi connectivity index (χ0n) is 30.0. The summed E-state index contributed by atoms with van der Waals surface area (Å²) in [5, 5.41) is 2.77. The topological polar surface area (TPSA) is 138 Å². The fourth-order valence-electron chi connectivity index (χ4n) is 7.08. The number of amides is 1. The third-order valence-corrected chi connectivity index (χ3v) is 9.66. The van der Waals surface area contributed by atoms with Crippen LogP contribution in [-0.2, 0) is 27.0 Å². The van der Waals surface area contributed by atoms with Crippen LogP contribution in [0.5, 0.6) is 0 Å². The number of alkyl halides is 3. The van der Waals surface area contributed by atoms with Crippen molar-refractivity contribution >= 4 is 34.7 Å². The Morgan fingerprint density at radius 2 is 1.83 bits per heavy atom. The van der Waals surface area contributed by atoms with Crippen molar-refractivity contribution in [3.63, 3.8) is 0 Å². The highest BCUT2D eigenvalue weighted by Crippen LogP contribution is 2.43. The molecule has 0 bridgehead atoms. The average molecular weight is 723 g/mol. The number of anilines is 2. The first-order valence-corrected chi connectivity index (χ1v) is 17.7. The van der Waals surface area contributed by atoms with Crippen LogP contribution in [0.4, 0.5) is 24.8 Å². The molecule has 4 aromatic heterocycles. The number of likely N-dealkylation sites (N-methyl/N-ethyl adjacent to an activating group) is 1. The maximum Gasteiger partial charge on any atom is 0.433 e. The second-order valence-electron chi connectivity index (χ2n) is 14.1. The number of hydrogen-bond donors (Lipinski definition) is 2. The van der Waals surface area contributed by atoms with E-state index < -0.39 is 17.8 Å². The molecule has 52 heavy (non-hydrogen) atoms. The van der Waals surface area contributed by atoms with Crippen molar-refractivity contribution in [2.24, 2.45) is 5.41 Å². The van der Waals surface area contributed by atoms with Gasteiger partial charge in [-0.1, -0.05) is 25.3 Å². The number of H-pyrrole nitrogens is 1. The van der Waals surface area contributed by atoms with Gasteiger partial charge < -0.3 is 19.4 Å². The Morgan fingerprint density at radius 1 is 1.06 bits per heavy atom. The number of esters is 1. The predicted octanol–water partition coefficient (Wildman–Crippen LogP) is 6.59. The van der Waals surface area contributed by atoms with Crippen LogP contribution in [0.1, 0.15) is 85.2 Å². The molecule has 15 heteroatoms. The Kier molecular flexibility index (Phi) is 11.1. The van der Waals surface area contributed by atoms with Crippen LogP contribution in [-0.4, -0.2) is 89.2 Å². The minimum absolute atomic E-state index is 0.00694. The number of methoxy groups -OCH3 is 1. The molecule has 2 N–H and O–H groups in total. The summed E-state index contributed by atoms with van der Waals surface area (Å²) in [7, 11) is 5.44. The molecule has 4 aromatic rings. The lowest BCUT2D eigenvalue weighted by Gasteiger charge is -2.40. The van der Waals surface area contributed by atoms with Crippen molar-refractivity contribution in [3.8, 4) is 11.3 Å². The van der Waals surface area contributed by atoms with Gasteiger partial charge in [0, 0.05) is 56.0 Å². The molecule has 0 unspecified atom stereocenters. The Labute approximate surface area is 300 Å². The number of nitrogens with one attached hydrogen (secondary N) is 2. The molecule has 0 aromatic carbocycles. The average Bonchev–Trinajstić information content (AvgIpc) is 3.87. The zero-order valence-corrected chi connectivity index (χ0v) is 30.0. The molecule has 0 aliphatic heterocycles. The van der Waals surface area contributed by atoms with E-state index in [9.17, 15) is 22.8 Å². The summed E-state index contributed by atoms with van der Waals surface area (Å²) in [5.41, 5.74) is 2.38. The molecular weight excluding hydrogens is 677 g/mol. The summed E-state index contributed by atoms with van der Waals surface area (Å²) in [4.78, 5) is 49.7. The molecule has 4 heterocycles. The number of halogens is 3. The summed E-state index contributed by atoms with van der Waals surface area (Å²) in [6.07, 6.45) is 3.87. The van der Waals surface area contributed by atoms with E-state index in [1.807, 2.05) is 7.05 Å². The zero-order chi connectivity index (χ0) is 37.0. The molecule has 0 radical (unpaired) electrons. The van der Waals surface area contributed by atoms with Gasteiger partial charge in [0.15, 0.2) is 5.65 Å². The van der Waals surface area contributed by atoms with Gasteiger partial charge in [-0.3, -0.25) is 24.8 Å². The summed E-state index contributed by atoms with van der Waals surface area (Å²) >= 11 is 0. The monoisotopic (exact) mass is 722 g/mol. The quantitative estimate of drug-likeness (QED) is 0.137. The smallest absolute Gasteiger partial charge is 0.433 e. The van der Waals surface area contributed by atoms with E-state index in [1.165, 1.54) is 6.42 Å². The molecule has 1 amide bonds. The minimum Gasteiger partial charge on any atom is -0.465 e. The molecule has 2 aliphatic carbocycles. The van der Waals surface area contributed by atoms with E-state index in [0.29, 0.717) is 54.5 Å². The van der Waals surface area contributed by atoms with Crippen LogP contribution in [0.3, 0.4) is 0 Å². The van der Waals surface area contributed by atoms with Gasteiger partial charge in [-0.05, 0) is 69.5 Å². The van der Waals surface area contributed by atoms with Crippen molar-refractivity contribution in [2.75, 3.05) is 57.7 Å². The van der Waals surface area contributed by atoms with E-state index in [0.717, 1.165) is 50.2 Å². The van der Waals surface area contributed by atoms with E-state index in [4.69, 9.17) is 14.5 Å². The van der Waals surface area contributed by atoms with Crippen LogP contribution in [0, 0.1) is 5.41 Å². The molecular formula is C37H45F3N8O4. The summed E-state index contributed by atoms with van der Waals surface area (Å²) in [6, 6.07) is 7.85. The van der Waals surface area contributed by atoms with Gasteiger partial charge in [0.1, 0.15) is 16.9 Å². The van der Waals surface area contributed by atoms with Gasteiger partial charge in [0.05, 0.1) is 31.1 Å². The number of ether oxygens (including phenoxy) is 2. The summed E-state index contributed by atoms with van der Waals surface area (Å²) in [6.45, 7) is 3.83. The SMILES string of the molecule is CCOC(=O)CN(C)Cc1ccc(C(=O)Nc2nc3nc(-c4cc(C5CC5)nc(C(F)(F)F)c4)cc(N(C)CC4(COC)CCCCC4)c3[nH]2)nc1. The number of aromatic nitrogens is 5. The van der Waals surface area contributed by atoms with Crippen molar-refractivity contribution in [1.29, 1.82) is 0 Å². The van der Waals surface area contributed by atoms with E-state index in [2.05, 4.69) is 30.2 Å². The molecule has 2 fully saturated rings. The van der Waals surface area contributed by atoms with Crippen LogP contribution in [0.2, 0.25) is 0 Å². The maximum absolute atomic E-state index is 14.0. The lowest BCUT2D eigenvalue weighted by Crippen LogP contribution is -2.40. The Bertz CT molecular complexity index is 1880. The van der Waals surface area contributed by atoms with Crippen LogP contribution < -0.4 is 10.2 Å². The number of imidazole rings is 1. The number of carbonyl (C=O) groups is 2. The fourth-order valence-corrected chi connectivity index (χ4v) is 7.08. The number of hydrogen-bond acceptors (Lipinski definition) is 10. The standard InChI is InChI=1S/C37H45F3N8O4/c1-5-52-31(49)20-47(2)19-23-9-12-26(41-18-23)34(50)46-35-44-32-29(48(3)21-36(22-51-4)13-7-6-8-14-36)17-28(43-33(32)45-35)25-15-27(24-10-11-24)42-30(16-25)37(38,39)40/h9,12,15-18,24H,5-8,10-11,13-14,19-22H2,1-4H3,(H2,43,44,45,46,50). The molecule has 2 saturated carbocycles. The largest absolute Gasteiger partial charge is 0.465 e. The third kappa shape index (κ3) is 8.87. The van der Waals surface area contributed by atoms with Crippen molar-refractivity contribution < 1.29 is 32.2 Å². The van der Waals surface area contributed by atoms with Gasteiger partial charge >= 0.3 is 12.1 Å². The first kappa shape index (κ1) is 37.1. The summed E-state index contributed by atoms with van der Waals surface area (Å²) in [5.74, 6) is -0.727. The molecule has 0 saturated heterocycles. The van der Waals surface area contributed by atoms with Crippen LogP contribution in [0.15, 0.2) is 36.5 Å². The summed E-state index contributed by atoms with van der Waals surface area (Å²) < 4.78 is 52.7. The van der Waals surface area contributed by atoms with Crippen LogP contribution >= 0.6 is 0 Å². The fraction of sp³-hybridized carbons (Fsp3) is 0.514. The second-order valence-corrected chi connectivity index (χ2v) is 14.1. The van der Waals surface area contributed by atoms with Gasteiger partial charge in [0.2, 0.25) is 5.95 Å². The number of carbonyl (C=O) groups excluding carboxylic acids is 2. The number of pyridine rings is 3. The molecule has 6 rings (SSSR count). The van der Waals surface area contributed by atoms with Gasteiger partial charge in [-0.25, -0.2) is 9.97 Å². The third-order valence-electron chi connectivity index (χ3n) is 9.66. The maximum atomic E-state index is 14.0. The second kappa shape index (κ2) is 15.5. The van der Waals surface area contributed by atoms with E-state index in [-0.39, 0.29) is 41.1 Å². The highest BCUT2D eigenvalue weighted by Gasteiger charge is 2.37. The number of fused-ring (bicyclic) bond motifs is 1. The van der Waals surface area contributed by atoms with Crippen molar-refractivity contribution in [3.05, 3.63) is 59.2 Å². The molecule has 0 atom stereocenters. The molecule has 278 valence electrons. The predicted molar refractivity (Wildman–Crippen MR) is 190 cm³/mol. The number of rotatable bonds is 14. The molecule has 12 nitrogen and oxygen atoms in total. The van der Waals surface area contributed by atoms with Crippen LogP contribution in [0.25, 0.3) is 22.4 Å². The highest BCUT2D eigenvalue weighted by molar-refractivity contribution is 6.03. The minimum atomic E-state index is -4.62. The lowest BCUT2D eigenvalue weighted by molar-refractivity contribution is -0.144. The van der Waals surface area contributed by atoms with Crippen molar-refractivity contribution in [1.82, 2.24) is 29.8 Å². The van der Waals surface area contributed by atoms with Gasteiger partial charge in [-0.15, -0.1) is 0 Å². The molecule has 0 spiro atoms. The molecule has 2 aliphatic rings. The number of nitrogens with zero attached hydrogens (tertiary/aromatic N) is 6. The van der Waals surface area contributed by atoms with Crippen molar-refractivity contribution in [2.45, 2.75) is 70.5 Å². The normalized spacial score (nSPS) is 15.9. The van der Waals surface area contributed by atoms with Gasteiger partial charge in [0.25, 0.3) is 5.91 Å². The van der Waals surface area contributed by atoms with Gasteiger partial charge in [-0.2, -0.15) is 18.2 Å². The Hall–Kier alpha value is -4.63.